The van der Waals surface area contributed by atoms with Crippen LogP contribution in [0.15, 0.2) is 18.5 Å². The van der Waals surface area contributed by atoms with Gasteiger partial charge < -0.3 is 10.2 Å². The zero-order valence-corrected chi connectivity index (χ0v) is 15.5. The fourth-order valence-corrected chi connectivity index (χ4v) is 3.59. The first kappa shape index (κ1) is 17.9. The summed E-state index contributed by atoms with van der Waals surface area (Å²) in [4.78, 5) is 19.4. The standard InChI is InChI=1S/C19H29N5O/c1-4-9-23-10-5-6-15(13-23)17-7-8-20-18-16(12-22-24(17)18)19(25)21-11-14(2)3/h7-8,12,14-15H,4-6,9-11,13H2,1-3H3,(H,21,25). The summed E-state index contributed by atoms with van der Waals surface area (Å²) in [6, 6.07) is 2.05. The van der Waals surface area contributed by atoms with E-state index >= 15 is 0 Å². The highest BCUT2D eigenvalue weighted by Crippen LogP contribution is 2.27. The first-order valence-corrected chi connectivity index (χ1v) is 9.43. The van der Waals surface area contributed by atoms with E-state index in [9.17, 15) is 4.79 Å². The minimum Gasteiger partial charge on any atom is -0.352 e. The van der Waals surface area contributed by atoms with E-state index in [1.807, 2.05) is 10.7 Å². The highest BCUT2D eigenvalue weighted by Gasteiger charge is 2.24. The van der Waals surface area contributed by atoms with E-state index in [1.165, 1.54) is 19.4 Å². The highest BCUT2D eigenvalue weighted by molar-refractivity contribution is 5.99. The van der Waals surface area contributed by atoms with Gasteiger partial charge in [0.05, 0.1) is 11.9 Å². The van der Waals surface area contributed by atoms with Crippen LogP contribution >= 0.6 is 0 Å². The summed E-state index contributed by atoms with van der Waals surface area (Å²) in [5, 5.41) is 7.45. The van der Waals surface area contributed by atoms with Crippen molar-refractivity contribution in [3.63, 3.8) is 0 Å². The lowest BCUT2D eigenvalue weighted by molar-refractivity contribution is 0.0950. The van der Waals surface area contributed by atoms with Crippen molar-refractivity contribution < 1.29 is 4.79 Å². The molecule has 1 saturated heterocycles. The number of likely N-dealkylation sites (tertiary alicyclic amines) is 1. The normalized spacial score (nSPS) is 18.8. The lowest BCUT2D eigenvalue weighted by atomic mass is 9.94. The molecule has 1 amide bonds. The molecular formula is C19H29N5O. The summed E-state index contributed by atoms with van der Waals surface area (Å²) >= 11 is 0. The fourth-order valence-electron chi connectivity index (χ4n) is 3.59. The Balaban J connectivity index is 1.84. The van der Waals surface area contributed by atoms with Crippen LogP contribution in [0.2, 0.25) is 0 Å². The molecule has 0 radical (unpaired) electrons. The number of rotatable bonds is 6. The predicted octanol–water partition coefficient (Wildman–Crippen LogP) is 2.70. The lowest BCUT2D eigenvalue weighted by Gasteiger charge is -2.32. The largest absolute Gasteiger partial charge is 0.352 e. The number of nitrogens with one attached hydrogen (secondary N) is 1. The van der Waals surface area contributed by atoms with Gasteiger partial charge in [0.1, 0.15) is 5.56 Å². The van der Waals surface area contributed by atoms with Crippen molar-refractivity contribution in [1.29, 1.82) is 0 Å². The molecule has 1 N–H and O–H groups in total. The van der Waals surface area contributed by atoms with Crippen molar-refractivity contribution in [3.8, 4) is 0 Å². The molecule has 1 atom stereocenters. The molecule has 3 rings (SSSR count). The second kappa shape index (κ2) is 7.95. The third-order valence-electron chi connectivity index (χ3n) is 4.81. The van der Waals surface area contributed by atoms with Crippen molar-refractivity contribution >= 4 is 11.6 Å². The maximum Gasteiger partial charge on any atom is 0.256 e. The average molecular weight is 343 g/mol. The van der Waals surface area contributed by atoms with Crippen LogP contribution in [0.3, 0.4) is 0 Å². The Morgan fingerprint density at radius 3 is 3.04 bits per heavy atom. The number of piperidine rings is 1. The van der Waals surface area contributed by atoms with Crippen LogP contribution in [-0.2, 0) is 0 Å². The van der Waals surface area contributed by atoms with Gasteiger partial charge in [-0.3, -0.25) is 4.79 Å². The minimum atomic E-state index is -0.0930. The van der Waals surface area contributed by atoms with Gasteiger partial charge >= 0.3 is 0 Å². The molecular weight excluding hydrogens is 314 g/mol. The molecule has 1 fully saturated rings. The fraction of sp³-hybridized carbons (Fsp3) is 0.632. The average Bonchev–Trinajstić information content (AvgIpc) is 3.04. The van der Waals surface area contributed by atoms with Crippen LogP contribution in [0.4, 0.5) is 0 Å². The monoisotopic (exact) mass is 343 g/mol. The van der Waals surface area contributed by atoms with Gasteiger partial charge in [-0.15, -0.1) is 0 Å². The number of carbonyl (C=O) groups is 1. The first-order chi connectivity index (χ1) is 12.1. The predicted molar refractivity (Wildman–Crippen MR) is 98.9 cm³/mol. The van der Waals surface area contributed by atoms with Crippen molar-refractivity contribution in [1.82, 2.24) is 24.8 Å². The van der Waals surface area contributed by atoms with E-state index in [0.29, 0.717) is 29.6 Å². The van der Waals surface area contributed by atoms with Crippen molar-refractivity contribution in [2.24, 2.45) is 5.92 Å². The number of hydrogen-bond donors (Lipinski definition) is 1. The molecule has 25 heavy (non-hydrogen) atoms. The molecule has 2 aromatic rings. The molecule has 6 heteroatoms. The summed E-state index contributed by atoms with van der Waals surface area (Å²) in [6.45, 7) is 10.4. The van der Waals surface area contributed by atoms with Crippen LogP contribution in [0, 0.1) is 5.92 Å². The molecule has 1 unspecified atom stereocenters. The van der Waals surface area contributed by atoms with E-state index in [-0.39, 0.29) is 5.91 Å². The zero-order chi connectivity index (χ0) is 17.8. The Labute approximate surface area is 149 Å². The van der Waals surface area contributed by atoms with E-state index in [4.69, 9.17) is 0 Å². The third-order valence-corrected chi connectivity index (χ3v) is 4.81. The summed E-state index contributed by atoms with van der Waals surface area (Å²) < 4.78 is 1.87. The molecule has 0 saturated carbocycles. The van der Waals surface area contributed by atoms with Crippen LogP contribution in [0.1, 0.15) is 62.0 Å². The van der Waals surface area contributed by atoms with Crippen molar-refractivity contribution in [3.05, 3.63) is 29.7 Å². The Morgan fingerprint density at radius 2 is 2.28 bits per heavy atom. The number of nitrogens with zero attached hydrogens (tertiary/aromatic N) is 4. The van der Waals surface area contributed by atoms with Crippen LogP contribution in [-0.4, -0.2) is 51.6 Å². The third kappa shape index (κ3) is 4.00. The Bertz CT molecular complexity index is 722. The Kier molecular flexibility index (Phi) is 5.68. The lowest BCUT2D eigenvalue weighted by Crippen LogP contribution is -2.35. The molecule has 1 aliphatic rings. The molecule has 136 valence electrons. The molecule has 0 aliphatic carbocycles. The van der Waals surface area contributed by atoms with Crippen LogP contribution < -0.4 is 5.32 Å². The first-order valence-electron chi connectivity index (χ1n) is 9.43. The van der Waals surface area contributed by atoms with Gasteiger partial charge in [-0.05, 0) is 44.3 Å². The van der Waals surface area contributed by atoms with Gasteiger partial charge in [0, 0.05) is 25.2 Å². The number of aromatic nitrogens is 3. The second-order valence-corrected chi connectivity index (χ2v) is 7.41. The van der Waals surface area contributed by atoms with Crippen LogP contribution in [0.5, 0.6) is 0 Å². The molecule has 1 aliphatic heterocycles. The van der Waals surface area contributed by atoms with Gasteiger partial charge in [-0.2, -0.15) is 5.10 Å². The van der Waals surface area contributed by atoms with E-state index < -0.39 is 0 Å². The second-order valence-electron chi connectivity index (χ2n) is 7.41. The van der Waals surface area contributed by atoms with Crippen molar-refractivity contribution in [2.45, 2.75) is 46.0 Å². The van der Waals surface area contributed by atoms with E-state index in [0.717, 1.165) is 25.2 Å². The zero-order valence-electron chi connectivity index (χ0n) is 15.5. The maximum absolute atomic E-state index is 12.4. The number of carbonyl (C=O) groups excluding carboxylic acids is 1. The molecule has 3 heterocycles. The smallest absolute Gasteiger partial charge is 0.256 e. The van der Waals surface area contributed by atoms with Gasteiger partial charge in [0.2, 0.25) is 0 Å². The molecule has 0 aromatic carbocycles. The van der Waals surface area contributed by atoms with Gasteiger partial charge in [-0.1, -0.05) is 20.8 Å². The Morgan fingerprint density at radius 1 is 1.44 bits per heavy atom. The Hall–Kier alpha value is -1.95. The molecule has 0 spiro atoms. The minimum absolute atomic E-state index is 0.0930. The number of fused-ring (bicyclic) bond motifs is 1. The quantitative estimate of drug-likeness (QED) is 0.876. The number of amides is 1. The van der Waals surface area contributed by atoms with E-state index in [1.54, 1.807) is 6.20 Å². The SMILES string of the molecule is CCCN1CCCC(c2ccnc3c(C(=O)NCC(C)C)cnn23)C1. The summed E-state index contributed by atoms with van der Waals surface area (Å²) in [6.07, 6.45) is 7.00. The number of hydrogen-bond acceptors (Lipinski definition) is 4. The van der Waals surface area contributed by atoms with Gasteiger partial charge in [-0.25, -0.2) is 9.50 Å². The van der Waals surface area contributed by atoms with Gasteiger partial charge in [0.25, 0.3) is 5.91 Å². The summed E-state index contributed by atoms with van der Waals surface area (Å²) in [5.74, 6) is 0.767. The highest BCUT2D eigenvalue weighted by atomic mass is 16.1. The molecule has 2 aromatic heterocycles. The van der Waals surface area contributed by atoms with E-state index in [2.05, 4.69) is 47.1 Å². The molecule has 0 bridgehead atoms. The van der Waals surface area contributed by atoms with Crippen LogP contribution in [0.25, 0.3) is 5.65 Å². The summed E-state index contributed by atoms with van der Waals surface area (Å²) in [7, 11) is 0. The topological polar surface area (TPSA) is 62.5 Å². The molecule has 6 nitrogen and oxygen atoms in total. The van der Waals surface area contributed by atoms with Gasteiger partial charge in [0.15, 0.2) is 5.65 Å². The summed E-state index contributed by atoms with van der Waals surface area (Å²) in [5.41, 5.74) is 2.38. The van der Waals surface area contributed by atoms with Crippen molar-refractivity contribution in [2.75, 3.05) is 26.2 Å². The maximum atomic E-state index is 12.4.